The topological polar surface area (TPSA) is 167 Å². The number of aromatic hydroxyl groups is 1. The van der Waals surface area contributed by atoms with Gasteiger partial charge in [-0.05, 0) is 66.7 Å². The predicted octanol–water partition coefficient (Wildman–Crippen LogP) is -2.50. The third-order valence-corrected chi connectivity index (χ3v) is 4.59. The Morgan fingerprint density at radius 2 is 1.09 bits per heavy atom. The predicted molar refractivity (Wildman–Crippen MR) is 102 cm³/mol. The van der Waals surface area contributed by atoms with Gasteiger partial charge in [-0.3, -0.25) is 0 Å². The third-order valence-electron chi connectivity index (χ3n) is 3.74. The molecule has 32 heavy (non-hydrogen) atoms. The maximum absolute atomic E-state index is 10.9. The molecule has 0 aliphatic carbocycles. The number of carbonyl (C=O) groups excluding carboxylic acids is 1. The van der Waals surface area contributed by atoms with E-state index >= 15 is 0 Å². The Morgan fingerprint density at radius 3 is 1.50 bits per heavy atom. The summed E-state index contributed by atoms with van der Waals surface area (Å²) in [6, 6.07) is 15.2. The van der Waals surface area contributed by atoms with E-state index in [4.69, 9.17) is 0 Å². The third kappa shape index (κ3) is 7.87. The largest absolute Gasteiger partial charge is 1.00 e. The molecule has 0 saturated carbocycles. The van der Waals surface area contributed by atoms with Crippen molar-refractivity contribution in [2.24, 2.45) is 20.5 Å². The minimum atomic E-state index is -4.51. The van der Waals surface area contributed by atoms with Crippen LogP contribution in [0.5, 0.6) is 5.75 Å². The Kier molecular flexibility index (Phi) is 10.8. The van der Waals surface area contributed by atoms with Gasteiger partial charge < -0.3 is 19.6 Å². The molecule has 152 valence electrons. The van der Waals surface area contributed by atoms with Crippen LogP contribution in [0.1, 0.15) is 10.4 Å². The molecule has 0 saturated heterocycles. The molecule has 3 aromatic carbocycles. The molecule has 0 bridgehead atoms. The van der Waals surface area contributed by atoms with Gasteiger partial charge in [-0.15, -0.1) is 0 Å². The van der Waals surface area contributed by atoms with E-state index in [0.29, 0.717) is 17.1 Å². The molecule has 0 spiro atoms. The average Bonchev–Trinajstić information content (AvgIpc) is 2.72. The number of carbonyl (C=O) groups is 1. The summed E-state index contributed by atoms with van der Waals surface area (Å²) in [4.78, 5) is 10.6. The Labute approximate surface area is 227 Å². The number of hydrogen-bond acceptors (Lipinski definition) is 10. The van der Waals surface area contributed by atoms with Gasteiger partial charge in [0, 0.05) is 5.56 Å². The summed E-state index contributed by atoms with van der Waals surface area (Å²) in [7, 11) is -4.51. The van der Waals surface area contributed by atoms with Gasteiger partial charge in [0.1, 0.15) is 15.9 Å². The molecule has 0 aromatic heterocycles. The zero-order valence-electron chi connectivity index (χ0n) is 17.0. The van der Waals surface area contributed by atoms with Crippen LogP contribution in [0.4, 0.5) is 22.7 Å². The van der Waals surface area contributed by atoms with E-state index in [9.17, 15) is 28.0 Å². The number of rotatable bonds is 6. The first-order chi connectivity index (χ1) is 14.2. The summed E-state index contributed by atoms with van der Waals surface area (Å²) in [5.74, 6) is -1.95. The maximum atomic E-state index is 10.9. The zero-order valence-corrected chi connectivity index (χ0v) is 21.9. The molecular formula is C19H12N4Na2O6S. The summed E-state index contributed by atoms with van der Waals surface area (Å²) in [5, 5.41) is 36.2. The van der Waals surface area contributed by atoms with Crippen molar-refractivity contribution in [3.05, 3.63) is 72.3 Å². The fourth-order valence-electron chi connectivity index (χ4n) is 2.25. The van der Waals surface area contributed by atoms with Crippen LogP contribution in [0.15, 0.2) is 92.1 Å². The smallest absolute Gasteiger partial charge is 0.744 e. The molecule has 3 aromatic rings. The standard InChI is InChI=1S/C19H14N4O6S.2Na/c24-18-10-7-15(11-17(18)19(25)26)23-22-13-3-1-12(2-4-13)20-21-14-5-8-16(9-6-14)30(27,28)29;;/h1-11,24H,(H,25,26)(H,27,28,29);;/q;2*+1/p-2/b21-20+,23-22+;;. The monoisotopic (exact) mass is 470 g/mol. The normalized spacial score (nSPS) is 11.2. The average molecular weight is 470 g/mol. The second-order valence-corrected chi connectivity index (χ2v) is 7.23. The van der Waals surface area contributed by atoms with Gasteiger partial charge in [-0.2, -0.15) is 20.5 Å². The van der Waals surface area contributed by atoms with E-state index in [0.717, 1.165) is 18.2 Å². The van der Waals surface area contributed by atoms with E-state index in [2.05, 4.69) is 20.5 Å². The number of carboxylic acids is 1. The molecule has 0 amide bonds. The summed E-state index contributed by atoms with van der Waals surface area (Å²) >= 11 is 0. The van der Waals surface area contributed by atoms with Crippen molar-refractivity contribution in [1.29, 1.82) is 0 Å². The van der Waals surface area contributed by atoms with Crippen molar-refractivity contribution in [2.45, 2.75) is 4.90 Å². The van der Waals surface area contributed by atoms with Crippen LogP contribution in [0.25, 0.3) is 0 Å². The molecule has 3 rings (SSSR count). The number of carboxylic acid groups (broad SMARTS) is 1. The molecule has 1 N–H and O–H groups in total. The number of hydrogen-bond donors (Lipinski definition) is 1. The van der Waals surface area contributed by atoms with Crippen molar-refractivity contribution in [3.8, 4) is 5.75 Å². The van der Waals surface area contributed by atoms with Gasteiger partial charge in [-0.25, -0.2) is 8.42 Å². The van der Waals surface area contributed by atoms with E-state index in [1.165, 1.54) is 24.3 Å². The van der Waals surface area contributed by atoms with Gasteiger partial charge >= 0.3 is 59.1 Å². The van der Waals surface area contributed by atoms with E-state index < -0.39 is 21.8 Å². The molecule has 0 fully saturated rings. The van der Waals surface area contributed by atoms with Gasteiger partial charge in [0.25, 0.3) is 0 Å². The number of benzene rings is 3. The molecule has 0 atom stereocenters. The first-order valence-corrected chi connectivity index (χ1v) is 9.67. The van der Waals surface area contributed by atoms with E-state index in [1.54, 1.807) is 24.3 Å². The van der Waals surface area contributed by atoms with Gasteiger partial charge in [-0.1, -0.05) is 0 Å². The van der Waals surface area contributed by atoms with Gasteiger partial charge in [0.05, 0.1) is 33.6 Å². The maximum Gasteiger partial charge on any atom is 1.00 e. The SMILES string of the molecule is O=C([O-])c1cc(/N=N/c2ccc(/N=N/c3ccc(S(=O)(=O)[O-])cc3)cc2)ccc1O.[Na+].[Na+]. The fraction of sp³-hybridized carbons (Fsp3) is 0. The molecule has 0 unspecified atom stereocenters. The summed E-state index contributed by atoms with van der Waals surface area (Å²) in [6.45, 7) is 0. The first-order valence-electron chi connectivity index (χ1n) is 8.26. The van der Waals surface area contributed by atoms with Gasteiger partial charge in [0.2, 0.25) is 0 Å². The van der Waals surface area contributed by atoms with Crippen LogP contribution < -0.4 is 64.2 Å². The van der Waals surface area contributed by atoms with Crippen LogP contribution in [0.2, 0.25) is 0 Å². The Balaban J connectivity index is 0.00000256. The zero-order chi connectivity index (χ0) is 21.7. The van der Waals surface area contributed by atoms with E-state index in [1.807, 2.05) is 0 Å². The van der Waals surface area contributed by atoms with Crippen molar-refractivity contribution >= 4 is 38.8 Å². The summed E-state index contributed by atoms with van der Waals surface area (Å²) in [5.41, 5.74) is 1.14. The molecule has 0 heterocycles. The molecule has 0 aliphatic rings. The van der Waals surface area contributed by atoms with Crippen molar-refractivity contribution in [3.63, 3.8) is 0 Å². The molecule has 0 radical (unpaired) electrons. The second-order valence-electron chi connectivity index (χ2n) is 5.85. The molecule has 10 nitrogen and oxygen atoms in total. The molecular weight excluding hydrogens is 458 g/mol. The first kappa shape index (κ1) is 28.1. The van der Waals surface area contributed by atoms with Crippen LogP contribution in [0.3, 0.4) is 0 Å². The number of phenols is 1. The minimum absolute atomic E-state index is 0. The van der Waals surface area contributed by atoms with Crippen molar-refractivity contribution < 1.29 is 87.1 Å². The number of azo groups is 2. The van der Waals surface area contributed by atoms with Crippen LogP contribution in [-0.4, -0.2) is 24.0 Å². The Morgan fingerprint density at radius 1 is 0.719 bits per heavy atom. The fourth-order valence-corrected chi connectivity index (χ4v) is 2.72. The molecule has 13 heteroatoms. The summed E-state index contributed by atoms with van der Waals surface area (Å²) in [6.07, 6.45) is 0. The van der Waals surface area contributed by atoms with Crippen LogP contribution in [0, 0.1) is 0 Å². The minimum Gasteiger partial charge on any atom is -0.744 e. The van der Waals surface area contributed by atoms with E-state index in [-0.39, 0.29) is 75.3 Å². The molecule has 0 aliphatic heterocycles. The summed E-state index contributed by atoms with van der Waals surface area (Å²) < 4.78 is 32.7. The van der Waals surface area contributed by atoms with Crippen molar-refractivity contribution in [2.75, 3.05) is 0 Å². The van der Waals surface area contributed by atoms with Crippen LogP contribution >= 0.6 is 0 Å². The van der Waals surface area contributed by atoms with Gasteiger partial charge in [0.15, 0.2) is 0 Å². The number of aromatic carboxylic acids is 1. The second kappa shape index (κ2) is 12.3. The number of nitrogens with zero attached hydrogens (tertiary/aromatic N) is 4. The Hall–Kier alpha value is -1.96. The quantitative estimate of drug-likeness (QED) is 0.237. The van der Waals surface area contributed by atoms with Crippen LogP contribution in [-0.2, 0) is 10.1 Å². The Bertz CT molecular complexity index is 1250. The van der Waals surface area contributed by atoms with Crippen molar-refractivity contribution in [1.82, 2.24) is 0 Å².